The van der Waals surface area contributed by atoms with Crippen LogP contribution in [0.25, 0.3) is 22.2 Å². The Hall–Kier alpha value is -2.25. The summed E-state index contributed by atoms with van der Waals surface area (Å²) in [5.74, 6) is 0.552. The number of aromatic amines is 1. The molecule has 0 bridgehead atoms. The van der Waals surface area contributed by atoms with Gasteiger partial charge in [0.05, 0.1) is 18.6 Å². The van der Waals surface area contributed by atoms with E-state index < -0.39 is 0 Å². The average Bonchev–Trinajstić information content (AvgIpc) is 2.62. The van der Waals surface area contributed by atoms with Gasteiger partial charge in [0.25, 0.3) is 5.56 Å². The standard InChI is InChI=1S/C17H15BrN4O2/c18-12-3-1-11(2-4-12)13-5-6-19-15-14(13)16(23)21-17(20-15)22-7-9-24-10-8-22/h1-6H,7-10H2,(H,19,20,21,23). The van der Waals surface area contributed by atoms with Crippen LogP contribution in [0.4, 0.5) is 5.95 Å². The molecule has 0 spiro atoms. The SMILES string of the molecule is O=c1[nH]c(N2CCOCC2)nc2nccc(-c3ccc(Br)cc3)c12. The van der Waals surface area contributed by atoms with Crippen molar-refractivity contribution in [2.45, 2.75) is 0 Å². The van der Waals surface area contributed by atoms with Crippen molar-refractivity contribution in [2.24, 2.45) is 0 Å². The summed E-state index contributed by atoms with van der Waals surface area (Å²) in [5, 5.41) is 0.511. The first kappa shape index (κ1) is 15.3. The molecular weight excluding hydrogens is 372 g/mol. The van der Waals surface area contributed by atoms with Crippen LogP contribution in [0, 0.1) is 0 Å². The molecule has 7 heteroatoms. The summed E-state index contributed by atoms with van der Waals surface area (Å²) >= 11 is 3.43. The Morgan fingerprint density at radius 1 is 1.12 bits per heavy atom. The van der Waals surface area contributed by atoms with Gasteiger partial charge < -0.3 is 9.64 Å². The maximum Gasteiger partial charge on any atom is 0.262 e. The lowest BCUT2D eigenvalue weighted by Gasteiger charge is -2.27. The molecule has 24 heavy (non-hydrogen) atoms. The van der Waals surface area contributed by atoms with E-state index in [0.29, 0.717) is 43.3 Å². The zero-order valence-electron chi connectivity index (χ0n) is 12.8. The number of hydrogen-bond acceptors (Lipinski definition) is 5. The molecule has 0 radical (unpaired) electrons. The molecule has 1 aliphatic heterocycles. The van der Waals surface area contributed by atoms with Gasteiger partial charge in [-0.15, -0.1) is 0 Å². The topological polar surface area (TPSA) is 71.1 Å². The van der Waals surface area contributed by atoms with E-state index in [9.17, 15) is 4.79 Å². The lowest BCUT2D eigenvalue weighted by atomic mass is 10.0. The lowest BCUT2D eigenvalue weighted by molar-refractivity contribution is 0.122. The van der Waals surface area contributed by atoms with E-state index in [-0.39, 0.29) is 5.56 Å². The van der Waals surface area contributed by atoms with Gasteiger partial charge in [-0.2, -0.15) is 4.98 Å². The highest BCUT2D eigenvalue weighted by atomic mass is 79.9. The van der Waals surface area contributed by atoms with Crippen LogP contribution >= 0.6 is 15.9 Å². The smallest absolute Gasteiger partial charge is 0.262 e. The van der Waals surface area contributed by atoms with E-state index in [4.69, 9.17) is 4.74 Å². The molecule has 1 N–H and O–H groups in total. The molecule has 3 heterocycles. The van der Waals surface area contributed by atoms with E-state index in [2.05, 4.69) is 30.9 Å². The van der Waals surface area contributed by atoms with Crippen molar-refractivity contribution in [3.8, 4) is 11.1 Å². The number of nitrogens with zero attached hydrogens (tertiary/aromatic N) is 3. The van der Waals surface area contributed by atoms with E-state index in [1.165, 1.54) is 0 Å². The number of halogens is 1. The van der Waals surface area contributed by atoms with Crippen molar-refractivity contribution in [1.82, 2.24) is 15.0 Å². The zero-order valence-corrected chi connectivity index (χ0v) is 14.4. The summed E-state index contributed by atoms with van der Waals surface area (Å²) in [7, 11) is 0. The monoisotopic (exact) mass is 386 g/mol. The number of rotatable bonds is 2. The van der Waals surface area contributed by atoms with Crippen LogP contribution in [0.2, 0.25) is 0 Å². The minimum atomic E-state index is -0.174. The van der Waals surface area contributed by atoms with Crippen molar-refractivity contribution >= 4 is 32.9 Å². The van der Waals surface area contributed by atoms with Crippen LogP contribution in [0.5, 0.6) is 0 Å². The summed E-state index contributed by atoms with van der Waals surface area (Å²) in [6.45, 7) is 2.68. The number of fused-ring (bicyclic) bond motifs is 1. The number of benzene rings is 1. The maximum absolute atomic E-state index is 12.7. The second-order valence-corrected chi connectivity index (χ2v) is 6.47. The minimum absolute atomic E-state index is 0.174. The molecule has 0 atom stereocenters. The largest absolute Gasteiger partial charge is 0.378 e. The van der Waals surface area contributed by atoms with Crippen molar-refractivity contribution in [3.05, 3.63) is 51.4 Å². The van der Waals surface area contributed by atoms with Crippen LogP contribution in [-0.4, -0.2) is 41.3 Å². The fourth-order valence-electron chi connectivity index (χ4n) is 2.85. The van der Waals surface area contributed by atoms with E-state index in [0.717, 1.165) is 15.6 Å². The van der Waals surface area contributed by atoms with Crippen LogP contribution in [0.15, 0.2) is 45.8 Å². The van der Waals surface area contributed by atoms with Gasteiger partial charge >= 0.3 is 0 Å². The molecule has 0 saturated carbocycles. The molecule has 4 rings (SSSR count). The summed E-state index contributed by atoms with van der Waals surface area (Å²) in [5.41, 5.74) is 2.07. The molecule has 2 aromatic heterocycles. The normalized spacial score (nSPS) is 15.0. The van der Waals surface area contributed by atoms with Gasteiger partial charge in [-0.05, 0) is 29.3 Å². The molecular formula is C17H15BrN4O2. The highest BCUT2D eigenvalue weighted by Crippen LogP contribution is 2.26. The summed E-state index contributed by atoms with van der Waals surface area (Å²) in [4.78, 5) is 26.5. The Kier molecular flexibility index (Phi) is 4.03. The number of hydrogen-bond donors (Lipinski definition) is 1. The molecule has 3 aromatic rings. The van der Waals surface area contributed by atoms with Gasteiger partial charge in [0.2, 0.25) is 5.95 Å². The summed E-state index contributed by atoms with van der Waals surface area (Å²) < 4.78 is 6.34. The number of H-pyrrole nitrogens is 1. The second kappa shape index (κ2) is 6.33. The van der Waals surface area contributed by atoms with Crippen LogP contribution in [0.3, 0.4) is 0 Å². The Bertz CT molecular complexity index is 933. The number of ether oxygens (including phenoxy) is 1. The fourth-order valence-corrected chi connectivity index (χ4v) is 3.11. The molecule has 122 valence electrons. The van der Waals surface area contributed by atoms with Gasteiger partial charge in [0.1, 0.15) is 0 Å². The third kappa shape index (κ3) is 2.81. The molecule has 6 nitrogen and oxygen atoms in total. The van der Waals surface area contributed by atoms with Gasteiger partial charge in [-0.25, -0.2) is 4.98 Å². The lowest BCUT2D eigenvalue weighted by Crippen LogP contribution is -2.38. The third-order valence-electron chi connectivity index (χ3n) is 4.06. The maximum atomic E-state index is 12.7. The average molecular weight is 387 g/mol. The van der Waals surface area contributed by atoms with Crippen molar-refractivity contribution in [3.63, 3.8) is 0 Å². The first-order chi connectivity index (χ1) is 11.7. The van der Waals surface area contributed by atoms with E-state index in [1.54, 1.807) is 6.20 Å². The van der Waals surface area contributed by atoms with Crippen LogP contribution in [-0.2, 0) is 4.74 Å². The second-order valence-electron chi connectivity index (χ2n) is 5.55. The first-order valence-electron chi connectivity index (χ1n) is 7.70. The Morgan fingerprint density at radius 2 is 1.88 bits per heavy atom. The predicted molar refractivity (Wildman–Crippen MR) is 96.3 cm³/mol. The van der Waals surface area contributed by atoms with Crippen LogP contribution in [0.1, 0.15) is 0 Å². The third-order valence-corrected chi connectivity index (χ3v) is 4.59. The van der Waals surface area contributed by atoms with Gasteiger partial charge in [0, 0.05) is 23.8 Å². The van der Waals surface area contributed by atoms with E-state index in [1.807, 2.05) is 35.2 Å². The first-order valence-corrected chi connectivity index (χ1v) is 8.49. The molecule has 1 aliphatic rings. The molecule has 0 amide bonds. The summed E-state index contributed by atoms with van der Waals surface area (Å²) in [6, 6.07) is 9.68. The van der Waals surface area contributed by atoms with Crippen LogP contribution < -0.4 is 10.5 Å². The Balaban J connectivity index is 1.85. The van der Waals surface area contributed by atoms with Gasteiger partial charge in [0.15, 0.2) is 5.65 Å². The minimum Gasteiger partial charge on any atom is -0.378 e. The molecule has 1 saturated heterocycles. The molecule has 0 unspecified atom stereocenters. The molecule has 0 aliphatic carbocycles. The molecule has 1 aromatic carbocycles. The number of anilines is 1. The number of aromatic nitrogens is 3. The zero-order chi connectivity index (χ0) is 16.5. The van der Waals surface area contributed by atoms with Crippen molar-refractivity contribution < 1.29 is 4.74 Å². The number of nitrogens with one attached hydrogen (secondary N) is 1. The highest BCUT2D eigenvalue weighted by molar-refractivity contribution is 9.10. The van der Waals surface area contributed by atoms with Crippen molar-refractivity contribution in [1.29, 1.82) is 0 Å². The predicted octanol–water partition coefficient (Wildman–Crippen LogP) is 2.58. The van der Waals surface area contributed by atoms with Crippen molar-refractivity contribution in [2.75, 3.05) is 31.2 Å². The number of pyridine rings is 1. The van der Waals surface area contributed by atoms with Gasteiger partial charge in [-0.3, -0.25) is 9.78 Å². The number of morpholine rings is 1. The fraction of sp³-hybridized carbons (Fsp3) is 0.235. The highest BCUT2D eigenvalue weighted by Gasteiger charge is 2.17. The van der Waals surface area contributed by atoms with Gasteiger partial charge in [-0.1, -0.05) is 28.1 Å². The Morgan fingerprint density at radius 3 is 2.62 bits per heavy atom. The molecule has 1 fully saturated rings. The Labute approximate surface area is 146 Å². The van der Waals surface area contributed by atoms with E-state index >= 15 is 0 Å². The quantitative estimate of drug-likeness (QED) is 0.732. The summed E-state index contributed by atoms with van der Waals surface area (Å²) in [6.07, 6.45) is 1.69.